The number of aliphatic carboxylic acids is 1. The number of carboxylic acids is 1. The molecule has 0 spiro atoms. The van der Waals surface area contributed by atoms with Gasteiger partial charge >= 0.3 is 22.3 Å². The summed E-state index contributed by atoms with van der Waals surface area (Å²) in [6, 6.07) is 0. The van der Waals surface area contributed by atoms with Crippen LogP contribution in [0.2, 0.25) is 0 Å². The normalized spacial score (nSPS) is 13.1. The van der Waals surface area contributed by atoms with Gasteiger partial charge in [-0.05, 0) is 20.3 Å². The summed E-state index contributed by atoms with van der Waals surface area (Å²) in [7, 11) is -4.10. The molecule has 0 heterocycles. The van der Waals surface area contributed by atoms with Crippen LogP contribution in [0.5, 0.6) is 0 Å². The fraction of sp³-hybridized carbons (Fsp3) is 0.778. The van der Waals surface area contributed by atoms with Crippen LogP contribution >= 0.6 is 0 Å². The molecule has 1 unspecified atom stereocenters. The van der Waals surface area contributed by atoms with E-state index in [4.69, 9.17) is 5.11 Å². The molecular weight excluding hydrogens is 264 g/mol. The minimum Gasteiger partial charge on any atom is -0.481 e. The molecule has 9 heteroatoms. The minimum absolute atomic E-state index is 0.272. The average molecular weight is 282 g/mol. The molecule has 18 heavy (non-hydrogen) atoms. The lowest BCUT2D eigenvalue weighted by molar-refractivity contribution is -0.141. The third kappa shape index (κ3) is 7.07. The Morgan fingerprint density at radius 2 is 1.89 bits per heavy atom. The molecule has 1 amide bonds. The van der Waals surface area contributed by atoms with Crippen LogP contribution in [0.15, 0.2) is 0 Å². The van der Waals surface area contributed by atoms with Crippen molar-refractivity contribution < 1.29 is 27.9 Å². The summed E-state index contributed by atoms with van der Waals surface area (Å²) in [5.41, 5.74) is 0. The Hall–Kier alpha value is -1.35. The van der Waals surface area contributed by atoms with Crippen molar-refractivity contribution in [2.24, 2.45) is 5.92 Å². The highest BCUT2D eigenvalue weighted by molar-refractivity contribution is 7.88. The Balaban J connectivity index is 4.32. The smallest absolute Gasteiger partial charge is 0.422 e. The summed E-state index contributed by atoms with van der Waals surface area (Å²) in [6.07, 6.45) is -1.29. The first-order valence-corrected chi connectivity index (χ1v) is 6.87. The van der Waals surface area contributed by atoms with E-state index in [-0.39, 0.29) is 13.0 Å². The Kier molecular flexibility index (Phi) is 6.63. The maximum absolute atomic E-state index is 11.3. The molecule has 0 aliphatic heterocycles. The number of ether oxygens (including phenoxy) is 1. The van der Waals surface area contributed by atoms with Crippen LogP contribution in [0.1, 0.15) is 27.2 Å². The zero-order valence-electron chi connectivity index (χ0n) is 10.5. The van der Waals surface area contributed by atoms with Gasteiger partial charge in [-0.2, -0.15) is 13.1 Å². The number of carbonyl (C=O) groups is 2. The van der Waals surface area contributed by atoms with Crippen molar-refractivity contribution in [2.45, 2.75) is 33.3 Å². The molecule has 0 saturated heterocycles. The molecule has 0 aromatic rings. The Bertz CT molecular complexity index is 392. The van der Waals surface area contributed by atoms with Gasteiger partial charge in [0.15, 0.2) is 0 Å². The number of hydrogen-bond donors (Lipinski definition) is 3. The van der Waals surface area contributed by atoms with E-state index in [0.717, 1.165) is 0 Å². The minimum atomic E-state index is -4.10. The third-order valence-corrected chi connectivity index (χ3v) is 2.90. The van der Waals surface area contributed by atoms with Gasteiger partial charge in [-0.15, -0.1) is 0 Å². The zero-order chi connectivity index (χ0) is 14.3. The van der Waals surface area contributed by atoms with E-state index < -0.39 is 34.3 Å². The predicted molar refractivity (Wildman–Crippen MR) is 63.1 cm³/mol. The van der Waals surface area contributed by atoms with Gasteiger partial charge in [0.05, 0.1) is 12.0 Å². The largest absolute Gasteiger partial charge is 0.481 e. The van der Waals surface area contributed by atoms with Crippen molar-refractivity contribution in [2.75, 3.05) is 6.54 Å². The summed E-state index contributed by atoms with van der Waals surface area (Å²) in [5.74, 6) is -1.95. The Morgan fingerprint density at radius 3 is 2.28 bits per heavy atom. The van der Waals surface area contributed by atoms with E-state index in [9.17, 15) is 18.0 Å². The topological polar surface area (TPSA) is 122 Å². The quantitative estimate of drug-likeness (QED) is 0.607. The maximum atomic E-state index is 11.3. The molecule has 3 N–H and O–H groups in total. The fourth-order valence-electron chi connectivity index (χ4n) is 1.00. The van der Waals surface area contributed by atoms with Crippen LogP contribution in [-0.4, -0.2) is 38.2 Å². The van der Waals surface area contributed by atoms with Gasteiger partial charge in [-0.3, -0.25) is 4.79 Å². The van der Waals surface area contributed by atoms with Gasteiger partial charge in [-0.25, -0.2) is 9.52 Å². The van der Waals surface area contributed by atoms with Crippen molar-refractivity contribution in [1.82, 2.24) is 9.44 Å². The standard InChI is InChI=1S/C9H18N2O6S/c1-4-7(8(12)13)5-10-18(15,16)11-9(14)17-6(2)3/h6-7,10H,4-5H2,1-3H3,(H,11,14)(H,12,13). The molecule has 8 nitrogen and oxygen atoms in total. The van der Waals surface area contributed by atoms with Gasteiger partial charge in [-0.1, -0.05) is 6.92 Å². The first-order chi connectivity index (χ1) is 8.18. The number of carbonyl (C=O) groups excluding carboxylic acids is 1. The summed E-state index contributed by atoms with van der Waals surface area (Å²) in [6.45, 7) is 4.46. The van der Waals surface area contributed by atoms with Crippen LogP contribution in [0.4, 0.5) is 4.79 Å². The van der Waals surface area contributed by atoms with E-state index in [1.54, 1.807) is 25.5 Å². The molecule has 0 fully saturated rings. The predicted octanol–water partition coefficient (Wildman–Crippen LogP) is 0.0662. The molecule has 0 aliphatic rings. The monoisotopic (exact) mass is 282 g/mol. The summed E-state index contributed by atoms with van der Waals surface area (Å²) < 4.78 is 30.9. The SMILES string of the molecule is CCC(CNS(=O)(=O)NC(=O)OC(C)C)C(=O)O. The van der Waals surface area contributed by atoms with Crippen molar-refractivity contribution >= 4 is 22.3 Å². The fourth-order valence-corrected chi connectivity index (χ4v) is 1.76. The summed E-state index contributed by atoms with van der Waals surface area (Å²) in [4.78, 5) is 21.7. The van der Waals surface area contributed by atoms with Crippen molar-refractivity contribution in [3.63, 3.8) is 0 Å². The molecule has 0 aromatic carbocycles. The molecule has 0 saturated carbocycles. The number of hydrogen-bond acceptors (Lipinski definition) is 5. The maximum Gasteiger partial charge on any atom is 0.422 e. The van der Waals surface area contributed by atoms with E-state index >= 15 is 0 Å². The second-order valence-electron chi connectivity index (χ2n) is 3.85. The number of nitrogens with one attached hydrogen (secondary N) is 2. The molecule has 106 valence electrons. The number of rotatable bonds is 7. The van der Waals surface area contributed by atoms with Crippen LogP contribution in [0.3, 0.4) is 0 Å². The highest BCUT2D eigenvalue weighted by Gasteiger charge is 2.20. The lowest BCUT2D eigenvalue weighted by Gasteiger charge is -2.13. The molecule has 0 radical (unpaired) electrons. The molecule has 0 aliphatic carbocycles. The van der Waals surface area contributed by atoms with Crippen LogP contribution in [0, 0.1) is 5.92 Å². The first-order valence-electron chi connectivity index (χ1n) is 5.38. The van der Waals surface area contributed by atoms with Gasteiger partial charge in [0.1, 0.15) is 0 Å². The van der Waals surface area contributed by atoms with Gasteiger partial charge < -0.3 is 9.84 Å². The second kappa shape index (κ2) is 7.17. The average Bonchev–Trinajstić information content (AvgIpc) is 2.14. The van der Waals surface area contributed by atoms with Crippen LogP contribution in [0.25, 0.3) is 0 Å². The highest BCUT2D eigenvalue weighted by atomic mass is 32.2. The van der Waals surface area contributed by atoms with Crippen molar-refractivity contribution in [3.8, 4) is 0 Å². The van der Waals surface area contributed by atoms with Gasteiger partial charge in [0.25, 0.3) is 0 Å². The van der Waals surface area contributed by atoms with E-state index in [1.807, 2.05) is 4.72 Å². The molecule has 0 rings (SSSR count). The lowest BCUT2D eigenvalue weighted by atomic mass is 10.1. The lowest BCUT2D eigenvalue weighted by Crippen LogP contribution is -2.43. The van der Waals surface area contributed by atoms with Gasteiger partial charge in [0.2, 0.25) is 0 Å². The zero-order valence-corrected chi connectivity index (χ0v) is 11.3. The molecular formula is C9H18N2O6S. The van der Waals surface area contributed by atoms with E-state index in [1.165, 1.54) is 0 Å². The molecule has 0 aromatic heterocycles. The molecule has 0 bridgehead atoms. The summed E-state index contributed by atoms with van der Waals surface area (Å²) in [5, 5.41) is 8.72. The Labute approximate surface area is 106 Å². The van der Waals surface area contributed by atoms with E-state index in [2.05, 4.69) is 4.74 Å². The van der Waals surface area contributed by atoms with Crippen LogP contribution in [-0.2, 0) is 19.7 Å². The van der Waals surface area contributed by atoms with Gasteiger partial charge in [0, 0.05) is 6.54 Å². The first kappa shape index (κ1) is 16.6. The number of carboxylic acid groups (broad SMARTS) is 1. The van der Waals surface area contributed by atoms with Crippen molar-refractivity contribution in [3.05, 3.63) is 0 Å². The van der Waals surface area contributed by atoms with Crippen LogP contribution < -0.4 is 9.44 Å². The van der Waals surface area contributed by atoms with E-state index in [0.29, 0.717) is 0 Å². The number of amides is 1. The second-order valence-corrected chi connectivity index (χ2v) is 5.35. The summed E-state index contributed by atoms with van der Waals surface area (Å²) >= 11 is 0. The van der Waals surface area contributed by atoms with Crippen molar-refractivity contribution in [1.29, 1.82) is 0 Å². The highest BCUT2D eigenvalue weighted by Crippen LogP contribution is 2.01. The Morgan fingerprint density at radius 1 is 1.33 bits per heavy atom. The third-order valence-electron chi connectivity index (χ3n) is 1.92. The molecule has 1 atom stereocenters.